The number of nitrogens with one attached hydrogen (secondary N) is 1. The SMILES string of the molecule is COc1ccc2[nH]c3c(c2c1)CC[NH2+][C@H]3[C@H]1CC=C(C)C[C@@H]1C. The minimum absolute atomic E-state index is 0.566. The zero-order valence-corrected chi connectivity index (χ0v) is 14.4. The number of ether oxygens (including phenoxy) is 1. The lowest BCUT2D eigenvalue weighted by Gasteiger charge is -2.34. The van der Waals surface area contributed by atoms with Crippen molar-refractivity contribution in [3.8, 4) is 5.75 Å². The highest BCUT2D eigenvalue weighted by Crippen LogP contribution is 2.39. The Bertz CT molecular complexity index is 758. The molecule has 122 valence electrons. The molecule has 2 aromatic rings. The number of nitrogens with two attached hydrogens (primary N) is 1. The van der Waals surface area contributed by atoms with Crippen LogP contribution in [0.2, 0.25) is 0 Å². The Morgan fingerprint density at radius 2 is 2.17 bits per heavy atom. The van der Waals surface area contributed by atoms with Crippen LogP contribution in [-0.2, 0) is 6.42 Å². The van der Waals surface area contributed by atoms with E-state index in [1.807, 2.05) is 0 Å². The van der Waals surface area contributed by atoms with Crippen LogP contribution >= 0.6 is 0 Å². The molecule has 2 heterocycles. The van der Waals surface area contributed by atoms with E-state index in [4.69, 9.17) is 4.74 Å². The Balaban J connectivity index is 1.76. The first kappa shape index (κ1) is 14.8. The maximum absolute atomic E-state index is 5.43. The van der Waals surface area contributed by atoms with Crippen LogP contribution in [0.1, 0.15) is 44.0 Å². The zero-order chi connectivity index (χ0) is 16.0. The number of H-pyrrole nitrogens is 1. The van der Waals surface area contributed by atoms with Crippen LogP contribution in [0.5, 0.6) is 5.75 Å². The van der Waals surface area contributed by atoms with Gasteiger partial charge in [0.05, 0.1) is 19.3 Å². The first-order valence-corrected chi connectivity index (χ1v) is 8.85. The van der Waals surface area contributed by atoms with E-state index in [2.05, 4.69) is 48.4 Å². The van der Waals surface area contributed by atoms with E-state index in [-0.39, 0.29) is 0 Å². The van der Waals surface area contributed by atoms with Crippen molar-refractivity contribution in [3.63, 3.8) is 0 Å². The Kier molecular flexibility index (Phi) is 3.68. The summed E-state index contributed by atoms with van der Waals surface area (Å²) in [7, 11) is 1.75. The summed E-state index contributed by atoms with van der Waals surface area (Å²) in [5.74, 6) is 2.44. The summed E-state index contributed by atoms with van der Waals surface area (Å²) in [6.45, 7) is 5.89. The van der Waals surface area contributed by atoms with Crippen molar-refractivity contribution in [2.24, 2.45) is 11.8 Å². The molecule has 0 saturated carbocycles. The van der Waals surface area contributed by atoms with Gasteiger partial charge in [0.2, 0.25) is 0 Å². The van der Waals surface area contributed by atoms with Crippen molar-refractivity contribution in [3.05, 3.63) is 41.1 Å². The minimum atomic E-state index is 0.566. The third-order valence-corrected chi connectivity index (χ3v) is 5.87. The predicted octanol–water partition coefficient (Wildman–Crippen LogP) is 3.33. The van der Waals surface area contributed by atoms with Gasteiger partial charge in [0.25, 0.3) is 0 Å². The molecule has 0 bridgehead atoms. The molecule has 0 amide bonds. The van der Waals surface area contributed by atoms with Gasteiger partial charge in [-0.25, -0.2) is 0 Å². The molecular formula is C20H27N2O+. The van der Waals surface area contributed by atoms with Crippen LogP contribution in [0.15, 0.2) is 29.8 Å². The molecule has 1 aromatic heterocycles. The second-order valence-corrected chi connectivity index (χ2v) is 7.36. The molecule has 1 aliphatic heterocycles. The number of aromatic amines is 1. The quantitative estimate of drug-likeness (QED) is 0.821. The van der Waals surface area contributed by atoms with Gasteiger partial charge in [0, 0.05) is 23.2 Å². The number of allylic oxidation sites excluding steroid dienone is 2. The molecule has 4 rings (SSSR count). The van der Waals surface area contributed by atoms with Gasteiger partial charge in [-0.05, 0) is 49.4 Å². The first-order valence-electron chi connectivity index (χ1n) is 8.85. The molecule has 0 unspecified atom stereocenters. The van der Waals surface area contributed by atoms with Crippen molar-refractivity contribution >= 4 is 10.9 Å². The fraction of sp³-hybridized carbons (Fsp3) is 0.500. The first-order chi connectivity index (χ1) is 11.2. The lowest BCUT2D eigenvalue weighted by molar-refractivity contribution is -0.707. The van der Waals surface area contributed by atoms with Gasteiger partial charge in [0.15, 0.2) is 0 Å². The molecule has 1 aromatic carbocycles. The van der Waals surface area contributed by atoms with Crippen molar-refractivity contribution in [1.29, 1.82) is 0 Å². The average Bonchev–Trinajstić information content (AvgIpc) is 2.93. The molecule has 0 radical (unpaired) electrons. The summed E-state index contributed by atoms with van der Waals surface area (Å²) < 4.78 is 5.43. The molecule has 3 heteroatoms. The van der Waals surface area contributed by atoms with Gasteiger partial charge in [0.1, 0.15) is 11.8 Å². The van der Waals surface area contributed by atoms with Gasteiger partial charge in [-0.15, -0.1) is 0 Å². The molecule has 3 N–H and O–H groups in total. The van der Waals surface area contributed by atoms with Crippen molar-refractivity contribution in [1.82, 2.24) is 4.98 Å². The minimum Gasteiger partial charge on any atom is -0.497 e. The molecule has 0 fully saturated rings. The van der Waals surface area contributed by atoms with E-state index in [1.165, 1.54) is 41.5 Å². The maximum Gasteiger partial charge on any atom is 0.130 e. The molecule has 1 aliphatic carbocycles. The Morgan fingerprint density at radius 3 is 2.96 bits per heavy atom. The molecule has 2 aliphatic rings. The summed E-state index contributed by atoms with van der Waals surface area (Å²) in [6, 6.07) is 6.98. The van der Waals surface area contributed by atoms with Crippen molar-refractivity contribution in [2.45, 2.75) is 39.2 Å². The molecule has 0 spiro atoms. The second kappa shape index (κ2) is 5.72. The normalized spacial score (nSPS) is 27.6. The van der Waals surface area contributed by atoms with Crippen LogP contribution in [0.4, 0.5) is 0 Å². The van der Waals surface area contributed by atoms with Gasteiger partial charge in [-0.1, -0.05) is 18.6 Å². The van der Waals surface area contributed by atoms with Crippen LogP contribution in [0.25, 0.3) is 10.9 Å². The summed E-state index contributed by atoms with van der Waals surface area (Å²) in [4.78, 5) is 3.74. The topological polar surface area (TPSA) is 41.6 Å². The Hall–Kier alpha value is -1.74. The number of quaternary nitrogens is 1. The number of benzene rings is 1. The van der Waals surface area contributed by atoms with Crippen LogP contribution in [-0.4, -0.2) is 18.6 Å². The van der Waals surface area contributed by atoms with Crippen LogP contribution in [0, 0.1) is 11.8 Å². The third-order valence-electron chi connectivity index (χ3n) is 5.87. The van der Waals surface area contributed by atoms with E-state index in [0.717, 1.165) is 24.0 Å². The second-order valence-electron chi connectivity index (χ2n) is 7.36. The van der Waals surface area contributed by atoms with Gasteiger partial charge >= 0.3 is 0 Å². The highest BCUT2D eigenvalue weighted by atomic mass is 16.5. The van der Waals surface area contributed by atoms with Gasteiger partial charge in [-0.3, -0.25) is 0 Å². The Morgan fingerprint density at radius 1 is 1.30 bits per heavy atom. The van der Waals surface area contributed by atoms with Gasteiger partial charge < -0.3 is 15.0 Å². The maximum atomic E-state index is 5.43. The molecule has 0 saturated heterocycles. The van der Waals surface area contributed by atoms with E-state index < -0.39 is 0 Å². The number of aromatic nitrogens is 1. The monoisotopic (exact) mass is 311 g/mol. The summed E-state index contributed by atoms with van der Waals surface area (Å²) in [5.41, 5.74) is 5.80. The molecule has 3 atom stereocenters. The summed E-state index contributed by atoms with van der Waals surface area (Å²) in [6.07, 6.45) is 6.07. The Labute approximate surface area is 138 Å². The van der Waals surface area contributed by atoms with E-state index in [1.54, 1.807) is 12.7 Å². The number of rotatable bonds is 2. The van der Waals surface area contributed by atoms with Crippen LogP contribution < -0.4 is 10.1 Å². The van der Waals surface area contributed by atoms with Gasteiger partial charge in [-0.2, -0.15) is 0 Å². The van der Waals surface area contributed by atoms with Crippen molar-refractivity contribution in [2.75, 3.05) is 13.7 Å². The lowest BCUT2D eigenvalue weighted by atomic mass is 9.74. The molecular weight excluding hydrogens is 284 g/mol. The largest absolute Gasteiger partial charge is 0.497 e. The summed E-state index contributed by atoms with van der Waals surface area (Å²) >= 11 is 0. The molecule has 3 nitrogen and oxygen atoms in total. The number of hydrogen-bond donors (Lipinski definition) is 2. The smallest absolute Gasteiger partial charge is 0.130 e. The third kappa shape index (κ3) is 2.47. The number of methoxy groups -OCH3 is 1. The summed E-state index contributed by atoms with van der Waals surface area (Å²) in [5, 5.41) is 3.91. The number of hydrogen-bond acceptors (Lipinski definition) is 1. The van der Waals surface area contributed by atoms with Crippen molar-refractivity contribution < 1.29 is 10.1 Å². The van der Waals surface area contributed by atoms with E-state index >= 15 is 0 Å². The standard InChI is InChI=1S/C20H26N2O/c1-12-4-6-15(13(2)10-12)19-20-16(8-9-21-19)17-11-14(23-3)5-7-18(17)22-20/h4-5,7,11,13,15,19,21-22H,6,8-10H2,1-3H3/p+1/t13-,15-,19-/m0/s1. The highest BCUT2D eigenvalue weighted by molar-refractivity contribution is 5.86. The fourth-order valence-electron chi connectivity index (χ4n) is 4.66. The molecule has 23 heavy (non-hydrogen) atoms. The zero-order valence-electron chi connectivity index (χ0n) is 14.4. The predicted molar refractivity (Wildman–Crippen MR) is 93.7 cm³/mol. The van der Waals surface area contributed by atoms with E-state index in [0.29, 0.717) is 6.04 Å². The van der Waals surface area contributed by atoms with E-state index in [9.17, 15) is 0 Å². The fourth-order valence-corrected chi connectivity index (χ4v) is 4.66. The highest BCUT2D eigenvalue weighted by Gasteiger charge is 2.37. The van der Waals surface area contributed by atoms with Crippen LogP contribution in [0.3, 0.4) is 0 Å². The average molecular weight is 311 g/mol. The number of fused-ring (bicyclic) bond motifs is 3. The lowest BCUT2D eigenvalue weighted by Crippen LogP contribution is -2.88.